The highest BCUT2D eigenvalue weighted by atomic mass is 16.5. The molecule has 0 spiro atoms. The van der Waals surface area contributed by atoms with Crippen LogP contribution in [0, 0.1) is 6.92 Å². The maximum absolute atomic E-state index is 11.2. The number of aromatic nitrogens is 2. The van der Waals surface area contributed by atoms with Gasteiger partial charge in [0.05, 0.1) is 31.8 Å². The van der Waals surface area contributed by atoms with Crippen molar-refractivity contribution in [2.45, 2.75) is 6.92 Å². The number of carboxylic acids is 1. The van der Waals surface area contributed by atoms with Crippen LogP contribution in [0.15, 0.2) is 48.7 Å². The Labute approximate surface area is 157 Å². The van der Waals surface area contributed by atoms with Crippen LogP contribution in [0.3, 0.4) is 0 Å². The molecule has 0 unspecified atom stereocenters. The van der Waals surface area contributed by atoms with Crippen LogP contribution in [0.25, 0.3) is 17.8 Å². The van der Waals surface area contributed by atoms with Crippen molar-refractivity contribution in [2.75, 3.05) is 14.2 Å². The van der Waals surface area contributed by atoms with Crippen LogP contribution in [0.4, 0.5) is 0 Å². The van der Waals surface area contributed by atoms with E-state index in [9.17, 15) is 4.79 Å². The van der Waals surface area contributed by atoms with Gasteiger partial charge < -0.3 is 14.6 Å². The van der Waals surface area contributed by atoms with E-state index < -0.39 is 5.97 Å². The van der Waals surface area contributed by atoms with Crippen LogP contribution < -0.4 is 9.47 Å². The van der Waals surface area contributed by atoms with Crippen molar-refractivity contribution in [3.05, 3.63) is 71.0 Å². The fraction of sp³-hybridized carbons (Fsp3) is 0.143. The molecule has 0 amide bonds. The summed E-state index contributed by atoms with van der Waals surface area (Å²) < 4.78 is 12.2. The molecule has 0 radical (unpaired) electrons. The molecule has 0 atom stereocenters. The molecule has 0 saturated carbocycles. The zero-order valence-electron chi connectivity index (χ0n) is 15.3. The highest BCUT2D eigenvalue weighted by Gasteiger charge is 2.13. The Balaban J connectivity index is 1.82. The van der Waals surface area contributed by atoms with Gasteiger partial charge >= 0.3 is 5.97 Å². The molecule has 1 N–H and O–H groups in total. The summed E-state index contributed by atoms with van der Waals surface area (Å²) in [7, 11) is 3.24. The first kappa shape index (κ1) is 18.3. The van der Waals surface area contributed by atoms with E-state index in [4.69, 9.17) is 14.6 Å². The van der Waals surface area contributed by atoms with Crippen molar-refractivity contribution in [3.63, 3.8) is 0 Å². The lowest BCUT2D eigenvalue weighted by Gasteiger charge is -2.06. The third kappa shape index (κ3) is 4.00. The van der Waals surface area contributed by atoms with E-state index in [1.54, 1.807) is 25.8 Å². The van der Waals surface area contributed by atoms with Crippen LogP contribution in [0.2, 0.25) is 0 Å². The standard InChI is InChI=1S/C21H20N2O4/c1-14-20(21(24)25)13-22-23(14)17-8-6-15(7-9-17)4-5-16-10-18(26-2)12-19(11-16)27-3/h4-13H,1-3H3,(H,24,25). The molecule has 0 aliphatic rings. The zero-order chi connectivity index (χ0) is 19.4. The molecular formula is C21H20N2O4. The minimum absolute atomic E-state index is 0.200. The predicted octanol–water partition coefficient (Wildman–Crippen LogP) is 4.07. The van der Waals surface area contributed by atoms with E-state index in [1.807, 2.05) is 54.6 Å². The van der Waals surface area contributed by atoms with Gasteiger partial charge in [0.2, 0.25) is 0 Å². The van der Waals surface area contributed by atoms with Gasteiger partial charge in [-0.25, -0.2) is 9.48 Å². The number of ether oxygens (including phenoxy) is 2. The van der Waals surface area contributed by atoms with Crippen molar-refractivity contribution in [2.24, 2.45) is 0 Å². The molecule has 27 heavy (non-hydrogen) atoms. The van der Waals surface area contributed by atoms with E-state index in [-0.39, 0.29) is 5.56 Å². The summed E-state index contributed by atoms with van der Waals surface area (Å²) in [6, 6.07) is 13.4. The number of nitrogens with zero attached hydrogens (tertiary/aromatic N) is 2. The number of rotatable bonds is 6. The maximum atomic E-state index is 11.2. The Bertz CT molecular complexity index is 966. The van der Waals surface area contributed by atoms with Gasteiger partial charge in [0.15, 0.2) is 0 Å². The van der Waals surface area contributed by atoms with Crippen LogP contribution in [-0.4, -0.2) is 35.1 Å². The normalized spacial score (nSPS) is 10.9. The quantitative estimate of drug-likeness (QED) is 0.668. The van der Waals surface area contributed by atoms with E-state index in [0.717, 1.165) is 28.3 Å². The Hall–Kier alpha value is -3.54. The average Bonchev–Trinajstić information content (AvgIpc) is 3.08. The Morgan fingerprint density at radius 3 is 2.11 bits per heavy atom. The largest absolute Gasteiger partial charge is 0.497 e. The summed E-state index contributed by atoms with van der Waals surface area (Å²) in [6.07, 6.45) is 5.32. The third-order valence-electron chi connectivity index (χ3n) is 4.22. The fourth-order valence-corrected chi connectivity index (χ4v) is 2.72. The molecule has 138 valence electrons. The number of benzene rings is 2. The van der Waals surface area contributed by atoms with E-state index >= 15 is 0 Å². The summed E-state index contributed by atoms with van der Waals surface area (Å²) in [4.78, 5) is 11.2. The first-order chi connectivity index (χ1) is 13.0. The molecular weight excluding hydrogens is 344 g/mol. The van der Waals surface area contributed by atoms with Gasteiger partial charge in [-0.3, -0.25) is 0 Å². The monoisotopic (exact) mass is 364 g/mol. The molecule has 2 aromatic carbocycles. The van der Waals surface area contributed by atoms with Crippen molar-refractivity contribution < 1.29 is 19.4 Å². The van der Waals surface area contributed by atoms with Crippen molar-refractivity contribution in [3.8, 4) is 17.2 Å². The summed E-state index contributed by atoms with van der Waals surface area (Å²) in [5, 5.41) is 13.3. The molecule has 0 bridgehead atoms. The topological polar surface area (TPSA) is 73.6 Å². The highest BCUT2D eigenvalue weighted by molar-refractivity contribution is 5.88. The Kier molecular flexibility index (Phi) is 5.26. The van der Waals surface area contributed by atoms with E-state index in [0.29, 0.717) is 5.69 Å². The van der Waals surface area contributed by atoms with Gasteiger partial charge in [-0.05, 0) is 42.3 Å². The molecule has 1 heterocycles. The Morgan fingerprint density at radius 2 is 1.59 bits per heavy atom. The number of aromatic carboxylic acids is 1. The molecule has 6 heteroatoms. The molecule has 0 aliphatic heterocycles. The highest BCUT2D eigenvalue weighted by Crippen LogP contribution is 2.24. The van der Waals surface area contributed by atoms with Gasteiger partial charge in [0.25, 0.3) is 0 Å². The van der Waals surface area contributed by atoms with Crippen molar-refractivity contribution in [1.29, 1.82) is 0 Å². The van der Waals surface area contributed by atoms with Gasteiger partial charge in [-0.2, -0.15) is 5.10 Å². The lowest BCUT2D eigenvalue weighted by atomic mass is 10.1. The van der Waals surface area contributed by atoms with Crippen molar-refractivity contribution in [1.82, 2.24) is 9.78 Å². The SMILES string of the molecule is COc1cc(C=Cc2ccc(-n3ncc(C(=O)O)c3C)cc2)cc(OC)c1. The molecule has 0 aliphatic carbocycles. The number of carbonyl (C=O) groups is 1. The minimum Gasteiger partial charge on any atom is -0.497 e. The van der Waals surface area contributed by atoms with Gasteiger partial charge in [0, 0.05) is 6.07 Å². The van der Waals surface area contributed by atoms with Crippen LogP contribution >= 0.6 is 0 Å². The molecule has 1 aromatic heterocycles. The van der Waals surface area contributed by atoms with Crippen LogP contribution in [0.1, 0.15) is 27.2 Å². The Morgan fingerprint density at radius 1 is 1.00 bits per heavy atom. The van der Waals surface area contributed by atoms with E-state index in [1.165, 1.54) is 6.20 Å². The maximum Gasteiger partial charge on any atom is 0.339 e. The molecule has 3 aromatic rings. The average molecular weight is 364 g/mol. The molecule has 0 fully saturated rings. The summed E-state index contributed by atoms with van der Waals surface area (Å²) in [6.45, 7) is 1.74. The summed E-state index contributed by atoms with van der Waals surface area (Å²) in [5.74, 6) is 0.479. The number of methoxy groups -OCH3 is 2. The first-order valence-corrected chi connectivity index (χ1v) is 8.31. The van der Waals surface area contributed by atoms with Gasteiger partial charge in [-0.1, -0.05) is 24.3 Å². The van der Waals surface area contributed by atoms with Crippen molar-refractivity contribution >= 4 is 18.1 Å². The first-order valence-electron chi connectivity index (χ1n) is 8.31. The molecule has 3 rings (SSSR count). The van der Waals surface area contributed by atoms with Crippen LogP contribution in [0.5, 0.6) is 11.5 Å². The summed E-state index contributed by atoms with van der Waals surface area (Å²) >= 11 is 0. The van der Waals surface area contributed by atoms with Crippen LogP contribution in [-0.2, 0) is 0 Å². The number of hydrogen-bond donors (Lipinski definition) is 1. The number of hydrogen-bond acceptors (Lipinski definition) is 4. The van der Waals surface area contributed by atoms with Gasteiger partial charge in [0.1, 0.15) is 17.1 Å². The van der Waals surface area contributed by atoms with Gasteiger partial charge in [-0.15, -0.1) is 0 Å². The zero-order valence-corrected chi connectivity index (χ0v) is 15.3. The molecule has 6 nitrogen and oxygen atoms in total. The fourth-order valence-electron chi connectivity index (χ4n) is 2.72. The minimum atomic E-state index is -0.980. The third-order valence-corrected chi connectivity index (χ3v) is 4.22. The number of carboxylic acid groups (broad SMARTS) is 1. The lowest BCUT2D eigenvalue weighted by Crippen LogP contribution is -2.02. The lowest BCUT2D eigenvalue weighted by molar-refractivity contribution is 0.0696. The summed E-state index contributed by atoms with van der Waals surface area (Å²) in [5.41, 5.74) is 3.56. The smallest absolute Gasteiger partial charge is 0.339 e. The second-order valence-corrected chi connectivity index (χ2v) is 5.93. The second kappa shape index (κ2) is 7.78. The molecule has 0 saturated heterocycles. The predicted molar refractivity (Wildman–Crippen MR) is 104 cm³/mol. The second-order valence-electron chi connectivity index (χ2n) is 5.93. The van der Waals surface area contributed by atoms with E-state index in [2.05, 4.69) is 5.10 Å².